The van der Waals surface area contributed by atoms with Crippen LogP contribution in [0.2, 0.25) is 0 Å². The molecule has 5 heteroatoms. The van der Waals surface area contributed by atoms with Crippen LogP contribution in [0.25, 0.3) is 0 Å². The van der Waals surface area contributed by atoms with Gasteiger partial charge in [0.15, 0.2) is 0 Å². The van der Waals surface area contributed by atoms with Crippen LogP contribution in [-0.2, 0) is 5.60 Å². The van der Waals surface area contributed by atoms with Crippen molar-refractivity contribution in [2.24, 2.45) is 0 Å². The smallest absolute Gasteiger partial charge is 0.145 e. The molecule has 0 aliphatic carbocycles. The van der Waals surface area contributed by atoms with Crippen LogP contribution >= 0.6 is 23.5 Å². The van der Waals surface area contributed by atoms with Crippen LogP contribution in [0.1, 0.15) is 37.3 Å². The zero-order chi connectivity index (χ0) is 21.0. The minimum absolute atomic E-state index is 0.396. The van der Waals surface area contributed by atoms with Gasteiger partial charge in [-0.1, -0.05) is 49.2 Å². The van der Waals surface area contributed by atoms with Gasteiger partial charge in [0, 0.05) is 17.5 Å². The van der Waals surface area contributed by atoms with Gasteiger partial charge in [0.25, 0.3) is 0 Å². The topological polar surface area (TPSA) is 32.7 Å². The maximum absolute atomic E-state index is 12.6. The summed E-state index contributed by atoms with van der Waals surface area (Å²) in [5, 5.41) is 12.6. The molecular formula is C25H29NO2S2. The lowest BCUT2D eigenvalue weighted by molar-refractivity contribution is 0.0540. The van der Waals surface area contributed by atoms with Gasteiger partial charge in [0.2, 0.25) is 0 Å². The lowest BCUT2D eigenvalue weighted by Gasteiger charge is -2.50. The lowest BCUT2D eigenvalue weighted by Crippen LogP contribution is -2.51. The molecule has 30 heavy (non-hydrogen) atoms. The Bertz CT molecular complexity index is 898. The van der Waals surface area contributed by atoms with E-state index in [0.717, 1.165) is 60.1 Å². The van der Waals surface area contributed by atoms with Crippen LogP contribution < -0.4 is 4.74 Å². The first-order valence-corrected chi connectivity index (χ1v) is 12.6. The van der Waals surface area contributed by atoms with Crippen molar-refractivity contribution in [3.63, 3.8) is 0 Å². The van der Waals surface area contributed by atoms with Crippen LogP contribution in [0.15, 0.2) is 48.5 Å². The van der Waals surface area contributed by atoms with Gasteiger partial charge in [-0.05, 0) is 50.1 Å². The third-order valence-electron chi connectivity index (χ3n) is 5.88. The fourth-order valence-corrected chi connectivity index (χ4v) is 7.71. The van der Waals surface area contributed by atoms with Gasteiger partial charge in [0.1, 0.15) is 17.1 Å². The van der Waals surface area contributed by atoms with Crippen molar-refractivity contribution in [3.05, 3.63) is 59.7 Å². The molecule has 0 saturated carbocycles. The summed E-state index contributed by atoms with van der Waals surface area (Å²) in [6.45, 7) is 3.92. The molecule has 0 radical (unpaired) electrons. The monoisotopic (exact) mass is 439 g/mol. The Morgan fingerprint density at radius 2 is 1.60 bits per heavy atom. The molecule has 0 amide bonds. The van der Waals surface area contributed by atoms with Crippen molar-refractivity contribution < 1.29 is 9.84 Å². The highest BCUT2D eigenvalue weighted by Crippen LogP contribution is 2.62. The number of aliphatic hydroxyl groups is 1. The maximum Gasteiger partial charge on any atom is 0.145 e. The van der Waals surface area contributed by atoms with Crippen molar-refractivity contribution in [3.8, 4) is 23.3 Å². The SMILES string of the molecule is CCN(C)CC#CCCC1(C2(O)c3ccccc3Oc3ccccc32)SCCCS1. The fourth-order valence-electron chi connectivity index (χ4n) is 4.11. The molecule has 1 fully saturated rings. The number of hydrogen-bond acceptors (Lipinski definition) is 5. The fraction of sp³-hybridized carbons (Fsp3) is 0.440. The standard InChI is InChI=1S/C25H29NO2S2/c1-3-26(2)17-10-4-9-16-24(29-18-11-19-30-24)25(27)20-12-5-7-14-22(20)28-23-15-8-6-13-21(23)25/h5-8,12-15,27H,3,9,11,16-19H2,1-2H3. The molecule has 2 aliphatic heterocycles. The summed E-state index contributed by atoms with van der Waals surface area (Å²) in [7, 11) is 2.08. The highest BCUT2D eigenvalue weighted by atomic mass is 32.2. The molecule has 3 nitrogen and oxygen atoms in total. The lowest BCUT2D eigenvalue weighted by atomic mass is 9.78. The van der Waals surface area contributed by atoms with Crippen molar-refractivity contribution >= 4 is 23.5 Å². The second-order valence-corrected chi connectivity index (χ2v) is 10.8. The van der Waals surface area contributed by atoms with Crippen molar-refractivity contribution in [2.45, 2.75) is 35.9 Å². The predicted octanol–water partition coefficient (Wildman–Crippen LogP) is 5.33. The number of benzene rings is 2. The summed E-state index contributed by atoms with van der Waals surface area (Å²) < 4.78 is 5.78. The maximum atomic E-state index is 12.6. The van der Waals surface area contributed by atoms with Crippen LogP contribution in [0.4, 0.5) is 0 Å². The van der Waals surface area contributed by atoms with Crippen LogP contribution in [0, 0.1) is 11.8 Å². The summed E-state index contributed by atoms with van der Waals surface area (Å²) >= 11 is 3.78. The van der Waals surface area contributed by atoms with Gasteiger partial charge in [-0.3, -0.25) is 4.90 Å². The molecule has 0 aromatic heterocycles. The minimum Gasteiger partial charge on any atom is -0.457 e. The van der Waals surface area contributed by atoms with E-state index >= 15 is 0 Å². The predicted molar refractivity (Wildman–Crippen MR) is 128 cm³/mol. The highest BCUT2D eigenvalue weighted by molar-refractivity contribution is 8.18. The number of para-hydroxylation sites is 2. The molecule has 0 bridgehead atoms. The molecule has 0 spiro atoms. The number of fused-ring (bicyclic) bond motifs is 2. The molecule has 1 N–H and O–H groups in total. The van der Waals surface area contributed by atoms with Gasteiger partial charge in [-0.25, -0.2) is 0 Å². The van der Waals surface area contributed by atoms with E-state index in [2.05, 4.69) is 30.7 Å². The third-order valence-corrected chi connectivity index (χ3v) is 9.50. The van der Waals surface area contributed by atoms with Gasteiger partial charge >= 0.3 is 0 Å². The largest absolute Gasteiger partial charge is 0.457 e. The van der Waals surface area contributed by atoms with E-state index in [1.807, 2.05) is 72.1 Å². The molecule has 2 heterocycles. The molecular weight excluding hydrogens is 410 g/mol. The summed E-state index contributed by atoms with van der Waals surface area (Å²) in [5.41, 5.74) is 0.601. The number of hydrogen-bond donors (Lipinski definition) is 1. The Labute approximate surface area is 188 Å². The number of thioether (sulfide) groups is 2. The second-order valence-electron chi connectivity index (χ2n) is 7.79. The van der Waals surface area contributed by atoms with Crippen molar-refractivity contribution in [1.82, 2.24) is 4.90 Å². The van der Waals surface area contributed by atoms with E-state index in [1.165, 1.54) is 6.42 Å². The zero-order valence-corrected chi connectivity index (χ0v) is 19.3. The third kappa shape index (κ3) is 3.87. The molecule has 0 unspecified atom stereocenters. The Balaban J connectivity index is 1.74. The average Bonchev–Trinajstić information content (AvgIpc) is 2.79. The van der Waals surface area contributed by atoms with E-state index in [1.54, 1.807) is 0 Å². The van der Waals surface area contributed by atoms with Crippen LogP contribution in [-0.4, -0.2) is 45.7 Å². The Morgan fingerprint density at radius 3 is 2.20 bits per heavy atom. The van der Waals surface area contributed by atoms with Gasteiger partial charge in [-0.2, -0.15) is 0 Å². The number of ether oxygens (including phenoxy) is 1. The summed E-state index contributed by atoms with van der Waals surface area (Å²) in [6, 6.07) is 15.9. The quantitative estimate of drug-likeness (QED) is 0.637. The Kier molecular flexibility index (Phi) is 6.69. The van der Waals surface area contributed by atoms with Crippen molar-refractivity contribution in [1.29, 1.82) is 0 Å². The summed E-state index contributed by atoms with van der Waals surface area (Å²) in [6.07, 6.45) is 2.76. The van der Waals surface area contributed by atoms with Crippen molar-refractivity contribution in [2.75, 3.05) is 31.6 Å². The molecule has 2 aliphatic rings. The Hall–Kier alpha value is -1.58. The first-order chi connectivity index (χ1) is 14.6. The van der Waals surface area contributed by atoms with Crippen LogP contribution in [0.5, 0.6) is 11.5 Å². The minimum atomic E-state index is -1.13. The zero-order valence-electron chi connectivity index (χ0n) is 17.7. The molecule has 0 atom stereocenters. The van der Waals surface area contributed by atoms with Gasteiger partial charge in [0.05, 0.1) is 10.6 Å². The van der Waals surface area contributed by atoms with Crippen LogP contribution in [0.3, 0.4) is 0 Å². The molecule has 4 rings (SSSR count). The Morgan fingerprint density at radius 1 is 1.00 bits per heavy atom. The van der Waals surface area contributed by atoms with E-state index in [9.17, 15) is 5.11 Å². The van der Waals surface area contributed by atoms with E-state index in [-0.39, 0.29) is 0 Å². The summed E-state index contributed by atoms with van der Waals surface area (Å²) in [5.74, 6) is 10.3. The second kappa shape index (κ2) is 9.28. The first-order valence-electron chi connectivity index (χ1n) is 10.6. The van der Waals surface area contributed by atoms with Gasteiger partial charge < -0.3 is 9.84 Å². The number of nitrogens with zero attached hydrogens (tertiary/aromatic N) is 1. The normalized spacial score (nSPS) is 18.5. The first kappa shape index (κ1) is 21.6. The van der Waals surface area contributed by atoms with E-state index in [0.29, 0.717) is 0 Å². The molecule has 2 aromatic carbocycles. The molecule has 1 saturated heterocycles. The molecule has 158 valence electrons. The van der Waals surface area contributed by atoms with E-state index in [4.69, 9.17) is 4.74 Å². The summed E-state index contributed by atoms with van der Waals surface area (Å²) in [4.78, 5) is 2.20. The number of rotatable bonds is 5. The highest BCUT2D eigenvalue weighted by Gasteiger charge is 2.57. The average molecular weight is 440 g/mol. The van der Waals surface area contributed by atoms with Gasteiger partial charge in [-0.15, -0.1) is 29.4 Å². The molecule has 2 aromatic rings. The van der Waals surface area contributed by atoms with E-state index < -0.39 is 9.68 Å².